The van der Waals surface area contributed by atoms with Crippen LogP contribution in [0.15, 0.2) is 71.2 Å². The van der Waals surface area contributed by atoms with Gasteiger partial charge in [0.15, 0.2) is 6.61 Å². The van der Waals surface area contributed by atoms with E-state index in [-0.39, 0.29) is 17.9 Å². The van der Waals surface area contributed by atoms with E-state index < -0.39 is 11.9 Å². The molecule has 0 aliphatic heterocycles. The SMILES string of the molecule is COC(=O)c1cc(Cl)ccc1OC(=O)COc1ccc(-c2ccccc2)cc1Br. The van der Waals surface area contributed by atoms with Gasteiger partial charge in [-0.15, -0.1) is 0 Å². The predicted molar refractivity (Wildman–Crippen MR) is 113 cm³/mol. The molecule has 0 spiro atoms. The summed E-state index contributed by atoms with van der Waals surface area (Å²) < 4.78 is 16.2. The first-order chi connectivity index (χ1) is 14.0. The van der Waals surface area contributed by atoms with Crippen LogP contribution in [0.1, 0.15) is 10.4 Å². The summed E-state index contributed by atoms with van der Waals surface area (Å²) in [5.74, 6) is -0.786. The Kier molecular flexibility index (Phi) is 6.90. The molecule has 0 saturated heterocycles. The van der Waals surface area contributed by atoms with E-state index in [4.69, 9.17) is 21.1 Å². The summed E-state index contributed by atoms with van der Waals surface area (Å²) in [6.45, 7) is -0.341. The number of carbonyl (C=O) groups excluding carboxylic acids is 2. The Bertz CT molecular complexity index is 1040. The molecule has 5 nitrogen and oxygen atoms in total. The summed E-state index contributed by atoms with van der Waals surface area (Å²) >= 11 is 9.35. The molecule has 0 atom stereocenters. The van der Waals surface area contributed by atoms with Gasteiger partial charge in [-0.05, 0) is 57.4 Å². The average molecular weight is 476 g/mol. The Balaban J connectivity index is 1.67. The van der Waals surface area contributed by atoms with Gasteiger partial charge >= 0.3 is 11.9 Å². The molecule has 0 unspecified atom stereocenters. The van der Waals surface area contributed by atoms with Crippen LogP contribution in [0, 0.1) is 0 Å². The number of carbonyl (C=O) groups is 2. The van der Waals surface area contributed by atoms with Crippen LogP contribution in [-0.2, 0) is 9.53 Å². The first kappa shape index (κ1) is 20.9. The minimum Gasteiger partial charge on any atom is -0.481 e. The Hall–Kier alpha value is -2.83. The second-order valence-electron chi connectivity index (χ2n) is 5.91. The average Bonchev–Trinajstić information content (AvgIpc) is 2.74. The van der Waals surface area contributed by atoms with Crippen LogP contribution < -0.4 is 9.47 Å². The van der Waals surface area contributed by atoms with Gasteiger partial charge in [0.1, 0.15) is 17.1 Å². The molecular formula is C22H16BrClO5. The van der Waals surface area contributed by atoms with Crippen LogP contribution in [0.4, 0.5) is 0 Å². The lowest BCUT2D eigenvalue weighted by atomic mass is 10.1. The van der Waals surface area contributed by atoms with Crippen LogP contribution in [-0.4, -0.2) is 25.7 Å². The van der Waals surface area contributed by atoms with E-state index in [2.05, 4.69) is 20.7 Å². The van der Waals surface area contributed by atoms with Gasteiger partial charge in [0.2, 0.25) is 0 Å². The summed E-state index contributed by atoms with van der Waals surface area (Å²) in [6.07, 6.45) is 0. The van der Waals surface area contributed by atoms with Crippen molar-refractivity contribution in [2.75, 3.05) is 13.7 Å². The molecule has 0 aliphatic carbocycles. The van der Waals surface area contributed by atoms with Crippen molar-refractivity contribution in [2.45, 2.75) is 0 Å². The third kappa shape index (κ3) is 5.37. The number of halogens is 2. The van der Waals surface area contributed by atoms with Gasteiger partial charge in [0.05, 0.1) is 11.6 Å². The van der Waals surface area contributed by atoms with Crippen molar-refractivity contribution in [3.8, 4) is 22.6 Å². The highest BCUT2D eigenvalue weighted by atomic mass is 79.9. The Morgan fingerprint density at radius 2 is 1.66 bits per heavy atom. The monoisotopic (exact) mass is 474 g/mol. The van der Waals surface area contributed by atoms with E-state index in [1.54, 1.807) is 6.07 Å². The number of hydrogen-bond donors (Lipinski definition) is 0. The fourth-order valence-electron chi connectivity index (χ4n) is 2.58. The number of benzene rings is 3. The summed E-state index contributed by atoms with van der Waals surface area (Å²) in [5, 5.41) is 0.323. The minimum absolute atomic E-state index is 0.0494. The number of methoxy groups -OCH3 is 1. The van der Waals surface area contributed by atoms with Crippen molar-refractivity contribution in [1.29, 1.82) is 0 Å². The maximum atomic E-state index is 12.2. The molecular weight excluding hydrogens is 460 g/mol. The molecule has 0 fully saturated rings. The highest BCUT2D eigenvalue weighted by molar-refractivity contribution is 9.10. The van der Waals surface area contributed by atoms with Crippen LogP contribution in [0.5, 0.6) is 11.5 Å². The molecule has 148 valence electrons. The zero-order chi connectivity index (χ0) is 20.8. The summed E-state index contributed by atoms with van der Waals surface area (Å²) in [4.78, 5) is 24.0. The van der Waals surface area contributed by atoms with Crippen molar-refractivity contribution in [3.05, 3.63) is 81.8 Å². The molecule has 0 heterocycles. The molecule has 3 aromatic rings. The summed E-state index contributed by atoms with van der Waals surface area (Å²) in [5.41, 5.74) is 2.13. The molecule has 0 saturated carbocycles. The Morgan fingerprint density at radius 3 is 2.34 bits per heavy atom. The van der Waals surface area contributed by atoms with Crippen molar-refractivity contribution in [1.82, 2.24) is 0 Å². The van der Waals surface area contributed by atoms with E-state index >= 15 is 0 Å². The van der Waals surface area contributed by atoms with Gasteiger partial charge in [-0.1, -0.05) is 48.0 Å². The zero-order valence-corrected chi connectivity index (χ0v) is 17.7. The first-order valence-corrected chi connectivity index (χ1v) is 9.71. The summed E-state index contributed by atoms with van der Waals surface area (Å²) in [6, 6.07) is 19.8. The molecule has 0 amide bonds. The fourth-order valence-corrected chi connectivity index (χ4v) is 3.24. The molecule has 3 rings (SSSR count). The van der Waals surface area contributed by atoms with Crippen molar-refractivity contribution in [2.24, 2.45) is 0 Å². The second kappa shape index (κ2) is 9.58. The number of hydrogen-bond acceptors (Lipinski definition) is 5. The number of rotatable bonds is 6. The van der Waals surface area contributed by atoms with Crippen molar-refractivity contribution < 1.29 is 23.8 Å². The maximum absolute atomic E-state index is 12.2. The number of esters is 2. The Labute approximate surface area is 181 Å². The number of ether oxygens (including phenoxy) is 3. The van der Waals surface area contributed by atoms with Crippen molar-refractivity contribution in [3.63, 3.8) is 0 Å². The molecule has 7 heteroatoms. The largest absolute Gasteiger partial charge is 0.481 e. The third-order valence-corrected chi connectivity index (χ3v) is 4.81. The second-order valence-corrected chi connectivity index (χ2v) is 7.20. The zero-order valence-electron chi connectivity index (χ0n) is 15.4. The van der Waals surface area contributed by atoms with Gasteiger partial charge in [0.25, 0.3) is 0 Å². The van der Waals surface area contributed by atoms with Gasteiger partial charge in [-0.3, -0.25) is 0 Å². The van der Waals surface area contributed by atoms with Gasteiger partial charge in [0, 0.05) is 5.02 Å². The molecule has 3 aromatic carbocycles. The van der Waals surface area contributed by atoms with Crippen LogP contribution >= 0.6 is 27.5 Å². The van der Waals surface area contributed by atoms with E-state index in [9.17, 15) is 9.59 Å². The van der Waals surface area contributed by atoms with E-state index in [1.165, 1.54) is 25.3 Å². The molecule has 0 N–H and O–H groups in total. The van der Waals surface area contributed by atoms with E-state index in [0.29, 0.717) is 15.2 Å². The normalized spacial score (nSPS) is 10.3. The lowest BCUT2D eigenvalue weighted by molar-refractivity contribution is -0.136. The van der Waals surface area contributed by atoms with Gasteiger partial charge in [-0.2, -0.15) is 0 Å². The lowest BCUT2D eigenvalue weighted by Gasteiger charge is -2.11. The highest BCUT2D eigenvalue weighted by Crippen LogP contribution is 2.31. The van der Waals surface area contributed by atoms with Crippen molar-refractivity contribution >= 4 is 39.5 Å². The van der Waals surface area contributed by atoms with E-state index in [0.717, 1.165) is 11.1 Å². The maximum Gasteiger partial charge on any atom is 0.349 e. The van der Waals surface area contributed by atoms with Gasteiger partial charge in [-0.25, -0.2) is 9.59 Å². The van der Waals surface area contributed by atoms with E-state index in [1.807, 2.05) is 42.5 Å². The Morgan fingerprint density at radius 1 is 0.931 bits per heavy atom. The molecule has 0 aliphatic rings. The standard InChI is InChI=1S/C22H16BrClO5/c1-27-22(26)17-12-16(24)8-10-19(17)29-21(25)13-28-20-9-7-15(11-18(20)23)14-5-3-2-4-6-14/h2-12H,13H2,1H3. The van der Waals surface area contributed by atoms with Crippen LogP contribution in [0.25, 0.3) is 11.1 Å². The lowest BCUT2D eigenvalue weighted by Crippen LogP contribution is -2.19. The fraction of sp³-hybridized carbons (Fsp3) is 0.0909. The predicted octanol–water partition coefficient (Wildman–Crippen LogP) is 5.54. The van der Waals surface area contributed by atoms with Crippen LogP contribution in [0.2, 0.25) is 5.02 Å². The van der Waals surface area contributed by atoms with Crippen LogP contribution in [0.3, 0.4) is 0 Å². The highest BCUT2D eigenvalue weighted by Gasteiger charge is 2.17. The first-order valence-electron chi connectivity index (χ1n) is 8.54. The molecule has 0 bridgehead atoms. The topological polar surface area (TPSA) is 61.8 Å². The third-order valence-electron chi connectivity index (χ3n) is 3.96. The van der Waals surface area contributed by atoms with Gasteiger partial charge < -0.3 is 14.2 Å². The molecule has 0 radical (unpaired) electrons. The smallest absolute Gasteiger partial charge is 0.349 e. The quantitative estimate of drug-likeness (QED) is 0.346. The molecule has 0 aromatic heterocycles. The molecule has 29 heavy (non-hydrogen) atoms. The minimum atomic E-state index is -0.670. The summed E-state index contributed by atoms with van der Waals surface area (Å²) in [7, 11) is 1.23.